The van der Waals surface area contributed by atoms with Gasteiger partial charge in [0.15, 0.2) is 0 Å². The van der Waals surface area contributed by atoms with Gasteiger partial charge in [-0.2, -0.15) is 0 Å². The molecule has 6 heteroatoms. The fourth-order valence-corrected chi connectivity index (χ4v) is 4.57. The van der Waals surface area contributed by atoms with Crippen LogP contribution in [-0.2, 0) is 16.0 Å². The molecule has 0 saturated heterocycles. The van der Waals surface area contributed by atoms with Crippen molar-refractivity contribution >= 4 is 29.3 Å². The van der Waals surface area contributed by atoms with E-state index in [1.165, 1.54) is 57.7 Å². The van der Waals surface area contributed by atoms with Gasteiger partial charge in [0.25, 0.3) is 0 Å². The van der Waals surface area contributed by atoms with Gasteiger partial charge in [-0.05, 0) is 67.8 Å². The predicted octanol–water partition coefficient (Wildman–Crippen LogP) is 5.98. The second kappa shape index (κ2) is 13.7. The van der Waals surface area contributed by atoms with E-state index >= 15 is 0 Å². The highest BCUT2D eigenvalue weighted by molar-refractivity contribution is 7.99. The molecule has 2 N–H and O–H groups in total. The van der Waals surface area contributed by atoms with Crippen LogP contribution in [0.15, 0.2) is 70.5 Å². The first-order valence-corrected chi connectivity index (χ1v) is 12.0. The number of aliphatic carboxylic acids is 2. The highest BCUT2D eigenvalue weighted by Gasteiger charge is 2.20. The Labute approximate surface area is 200 Å². The van der Waals surface area contributed by atoms with Crippen LogP contribution in [0.4, 0.5) is 0 Å². The maximum absolute atomic E-state index is 9.55. The van der Waals surface area contributed by atoms with Crippen LogP contribution in [0.1, 0.15) is 49.3 Å². The molecule has 2 aromatic carbocycles. The van der Waals surface area contributed by atoms with E-state index in [0.717, 1.165) is 13.0 Å². The van der Waals surface area contributed by atoms with Gasteiger partial charge in [0.2, 0.25) is 0 Å². The first kappa shape index (κ1) is 26.4. The average Bonchev–Trinajstić information content (AvgIpc) is 2.78. The third kappa shape index (κ3) is 8.91. The molecule has 2 aromatic rings. The zero-order valence-corrected chi connectivity index (χ0v) is 20.4. The molecule has 0 aromatic heterocycles. The van der Waals surface area contributed by atoms with Crippen LogP contribution in [0.5, 0.6) is 0 Å². The molecule has 1 aliphatic heterocycles. The second-order valence-corrected chi connectivity index (χ2v) is 9.19. The van der Waals surface area contributed by atoms with E-state index in [1.54, 1.807) is 0 Å². The van der Waals surface area contributed by atoms with E-state index < -0.39 is 11.9 Å². The number of rotatable bonds is 9. The standard InChI is InChI=1S/C23H29NS.C4H4O4/c1-4-5-6-10-18-14-15-23-21(17-18)19(12-9-16-24(2)3)20-11-7-8-13-22(20)25-23;5-3(6)1-2-4(7)8/h7-8,11-15,17H,4-6,9-10,16H2,1-3H3;1-2H,(H,5,6)(H,7,8)/b19-12+;2-1+. The molecular weight excluding hydrogens is 434 g/mol. The quantitative estimate of drug-likeness (QED) is 0.298. The zero-order chi connectivity index (χ0) is 24.2. The smallest absolute Gasteiger partial charge is 0.328 e. The summed E-state index contributed by atoms with van der Waals surface area (Å²) >= 11 is 1.91. The van der Waals surface area contributed by atoms with E-state index in [2.05, 4.69) is 74.5 Å². The lowest BCUT2D eigenvalue weighted by molar-refractivity contribution is -0.134. The number of carboxylic acid groups (broad SMARTS) is 2. The van der Waals surface area contributed by atoms with Crippen molar-refractivity contribution in [2.75, 3.05) is 20.6 Å². The minimum absolute atomic E-state index is 0.558. The summed E-state index contributed by atoms with van der Waals surface area (Å²) in [5, 5.41) is 15.6. The predicted molar refractivity (Wildman–Crippen MR) is 135 cm³/mol. The number of hydrogen-bond acceptors (Lipinski definition) is 4. The van der Waals surface area contributed by atoms with Gasteiger partial charge in [-0.3, -0.25) is 0 Å². The molecule has 5 nitrogen and oxygen atoms in total. The molecule has 0 aliphatic carbocycles. The van der Waals surface area contributed by atoms with Gasteiger partial charge in [-0.15, -0.1) is 0 Å². The van der Waals surface area contributed by atoms with E-state index in [1.807, 2.05) is 11.8 Å². The molecule has 0 radical (unpaired) electrons. The summed E-state index contributed by atoms with van der Waals surface area (Å²) in [5.41, 5.74) is 5.72. The molecule has 3 rings (SSSR count). The number of aryl methyl sites for hydroxylation is 1. The number of unbranched alkanes of at least 4 members (excludes halogenated alkanes) is 2. The monoisotopic (exact) mass is 467 g/mol. The van der Waals surface area contributed by atoms with Gasteiger partial charge in [0, 0.05) is 28.5 Å². The second-order valence-electron chi connectivity index (χ2n) is 8.11. The largest absolute Gasteiger partial charge is 0.478 e. The molecule has 0 saturated carbocycles. The number of carboxylic acids is 2. The van der Waals surface area contributed by atoms with Crippen molar-refractivity contribution < 1.29 is 19.8 Å². The van der Waals surface area contributed by atoms with Crippen molar-refractivity contribution in [3.63, 3.8) is 0 Å². The molecule has 33 heavy (non-hydrogen) atoms. The maximum atomic E-state index is 9.55. The number of benzene rings is 2. The number of hydrogen-bond donors (Lipinski definition) is 2. The van der Waals surface area contributed by atoms with Crippen LogP contribution in [0.2, 0.25) is 0 Å². The van der Waals surface area contributed by atoms with Crippen molar-refractivity contribution in [1.29, 1.82) is 0 Å². The summed E-state index contributed by atoms with van der Waals surface area (Å²) in [7, 11) is 4.28. The Bertz CT molecular complexity index is 995. The highest BCUT2D eigenvalue weighted by Crippen LogP contribution is 2.45. The Kier molecular flexibility index (Phi) is 10.9. The molecular formula is C27H33NO4S. The zero-order valence-electron chi connectivity index (χ0n) is 19.6. The van der Waals surface area contributed by atoms with E-state index in [4.69, 9.17) is 10.2 Å². The van der Waals surface area contributed by atoms with E-state index in [-0.39, 0.29) is 0 Å². The van der Waals surface area contributed by atoms with Crippen molar-refractivity contribution in [1.82, 2.24) is 4.90 Å². The minimum Gasteiger partial charge on any atom is -0.478 e. The number of carbonyl (C=O) groups is 2. The molecule has 0 atom stereocenters. The van der Waals surface area contributed by atoms with Crippen molar-refractivity contribution in [2.45, 2.75) is 48.8 Å². The first-order valence-electron chi connectivity index (χ1n) is 11.2. The third-order valence-corrected chi connectivity index (χ3v) is 6.25. The van der Waals surface area contributed by atoms with Crippen LogP contribution in [0.3, 0.4) is 0 Å². The van der Waals surface area contributed by atoms with Crippen LogP contribution in [0, 0.1) is 0 Å². The highest BCUT2D eigenvalue weighted by atomic mass is 32.2. The summed E-state index contributed by atoms with van der Waals surface area (Å²) in [6.45, 7) is 3.36. The third-order valence-electron chi connectivity index (χ3n) is 5.09. The summed E-state index contributed by atoms with van der Waals surface area (Å²) in [6, 6.07) is 15.9. The lowest BCUT2D eigenvalue weighted by Gasteiger charge is -2.23. The molecule has 0 amide bonds. The van der Waals surface area contributed by atoms with Crippen LogP contribution < -0.4 is 0 Å². The topological polar surface area (TPSA) is 77.8 Å². The van der Waals surface area contributed by atoms with Gasteiger partial charge in [-0.25, -0.2) is 9.59 Å². The summed E-state index contributed by atoms with van der Waals surface area (Å²) in [4.78, 5) is 24.1. The summed E-state index contributed by atoms with van der Waals surface area (Å²) in [6.07, 6.45) is 9.72. The number of fused-ring (bicyclic) bond motifs is 2. The first-order chi connectivity index (χ1) is 15.8. The Hall–Kier alpha value is -2.83. The average molecular weight is 468 g/mol. The molecule has 0 bridgehead atoms. The van der Waals surface area contributed by atoms with Gasteiger partial charge in [0.1, 0.15) is 0 Å². The Morgan fingerprint density at radius 1 is 0.939 bits per heavy atom. The molecule has 0 unspecified atom stereocenters. The fraction of sp³-hybridized carbons (Fsp3) is 0.333. The van der Waals surface area contributed by atoms with Crippen molar-refractivity contribution in [3.8, 4) is 0 Å². The van der Waals surface area contributed by atoms with Crippen molar-refractivity contribution in [2.24, 2.45) is 0 Å². The lowest BCUT2D eigenvalue weighted by atomic mass is 9.93. The molecule has 1 heterocycles. The Morgan fingerprint density at radius 3 is 2.24 bits per heavy atom. The Balaban J connectivity index is 0.000000414. The lowest BCUT2D eigenvalue weighted by Crippen LogP contribution is -2.12. The van der Waals surface area contributed by atoms with E-state index in [9.17, 15) is 9.59 Å². The Morgan fingerprint density at radius 2 is 1.61 bits per heavy atom. The normalized spacial score (nSPS) is 13.4. The van der Waals surface area contributed by atoms with Gasteiger partial charge >= 0.3 is 11.9 Å². The van der Waals surface area contributed by atoms with Crippen molar-refractivity contribution in [3.05, 3.63) is 77.4 Å². The fourth-order valence-electron chi connectivity index (χ4n) is 3.48. The van der Waals surface area contributed by atoms with Gasteiger partial charge < -0.3 is 15.1 Å². The van der Waals surface area contributed by atoms with Crippen LogP contribution >= 0.6 is 11.8 Å². The maximum Gasteiger partial charge on any atom is 0.328 e. The molecule has 176 valence electrons. The van der Waals surface area contributed by atoms with E-state index in [0.29, 0.717) is 12.2 Å². The molecule has 1 aliphatic rings. The van der Waals surface area contributed by atoms with Crippen LogP contribution in [-0.4, -0.2) is 47.7 Å². The van der Waals surface area contributed by atoms with Gasteiger partial charge in [-0.1, -0.05) is 67.9 Å². The van der Waals surface area contributed by atoms with Crippen LogP contribution in [0.25, 0.3) is 5.57 Å². The summed E-state index contributed by atoms with van der Waals surface area (Å²) < 4.78 is 0. The SMILES string of the molecule is CCCCCc1ccc2c(c1)/C(=C/CCN(C)C)c1ccccc1S2.O=C(O)/C=C/C(=O)O. The number of nitrogens with zero attached hydrogens (tertiary/aromatic N) is 1. The summed E-state index contributed by atoms with van der Waals surface area (Å²) in [5.74, 6) is -2.51. The molecule has 0 spiro atoms. The molecule has 0 fully saturated rings. The van der Waals surface area contributed by atoms with Gasteiger partial charge in [0.05, 0.1) is 0 Å². The minimum atomic E-state index is -1.26.